The van der Waals surface area contributed by atoms with Crippen LogP contribution in [0.2, 0.25) is 0 Å². The lowest BCUT2D eigenvalue weighted by molar-refractivity contribution is 0.875. The maximum atomic E-state index is 5.49. The topological polar surface area (TPSA) is 63.8 Å². The van der Waals surface area contributed by atoms with Crippen molar-refractivity contribution in [2.24, 2.45) is 5.84 Å². The number of rotatable bonds is 4. The number of hydrogen-bond donors (Lipinski definition) is 2. The first kappa shape index (κ1) is 13.5. The maximum Gasteiger partial charge on any atom is 0.162 e. The highest BCUT2D eigenvalue weighted by atomic mass is 15.3. The van der Waals surface area contributed by atoms with Crippen LogP contribution < -0.4 is 11.3 Å². The Bertz CT molecular complexity index is 578. The molecule has 0 saturated carbocycles. The predicted molar refractivity (Wildman–Crippen MR) is 78.7 cm³/mol. The van der Waals surface area contributed by atoms with Gasteiger partial charge in [0, 0.05) is 17.3 Å². The summed E-state index contributed by atoms with van der Waals surface area (Å²) in [5.74, 6) is 6.89. The van der Waals surface area contributed by atoms with Gasteiger partial charge in [0.25, 0.3) is 0 Å². The molecule has 0 fully saturated rings. The molecule has 2 rings (SSSR count). The molecule has 0 aliphatic heterocycles. The second-order valence-corrected chi connectivity index (χ2v) is 4.71. The van der Waals surface area contributed by atoms with Gasteiger partial charge in [-0.15, -0.1) is 0 Å². The Morgan fingerprint density at radius 3 is 2.68 bits per heavy atom. The van der Waals surface area contributed by atoms with E-state index in [4.69, 9.17) is 5.84 Å². The minimum Gasteiger partial charge on any atom is -0.308 e. The third kappa shape index (κ3) is 2.90. The fourth-order valence-corrected chi connectivity index (χ4v) is 2.07. The Balaban J connectivity index is 2.54. The molecule has 100 valence electrons. The van der Waals surface area contributed by atoms with Crippen LogP contribution in [0, 0.1) is 13.8 Å². The minimum absolute atomic E-state index is 0.661. The molecule has 0 unspecified atom stereocenters. The second-order valence-electron chi connectivity index (χ2n) is 4.71. The zero-order valence-corrected chi connectivity index (χ0v) is 11.7. The molecule has 19 heavy (non-hydrogen) atoms. The molecular weight excluding hydrogens is 236 g/mol. The number of aromatic nitrogens is 2. The van der Waals surface area contributed by atoms with Crippen LogP contribution in [0.15, 0.2) is 24.3 Å². The zero-order chi connectivity index (χ0) is 13.8. The lowest BCUT2D eigenvalue weighted by atomic mass is 10.0. The van der Waals surface area contributed by atoms with Gasteiger partial charge < -0.3 is 5.43 Å². The summed E-state index contributed by atoms with van der Waals surface area (Å²) in [6.45, 7) is 6.32. The average Bonchev–Trinajstić information content (AvgIpc) is 2.42. The van der Waals surface area contributed by atoms with E-state index in [-0.39, 0.29) is 0 Å². The fraction of sp³-hybridized carbons (Fsp3) is 0.333. The molecule has 0 amide bonds. The van der Waals surface area contributed by atoms with Crippen LogP contribution in [0.1, 0.15) is 30.2 Å². The van der Waals surface area contributed by atoms with Crippen molar-refractivity contribution >= 4 is 5.82 Å². The van der Waals surface area contributed by atoms with E-state index in [1.54, 1.807) is 0 Å². The Hall–Kier alpha value is -1.94. The number of hydrazine groups is 1. The summed E-state index contributed by atoms with van der Waals surface area (Å²) in [5, 5.41) is 0. The molecule has 0 aliphatic rings. The summed E-state index contributed by atoms with van der Waals surface area (Å²) in [7, 11) is 0. The van der Waals surface area contributed by atoms with Crippen molar-refractivity contribution in [2.45, 2.75) is 33.6 Å². The molecule has 3 N–H and O–H groups in total. The van der Waals surface area contributed by atoms with Gasteiger partial charge in [-0.2, -0.15) is 0 Å². The van der Waals surface area contributed by atoms with Crippen LogP contribution in [-0.4, -0.2) is 9.97 Å². The van der Waals surface area contributed by atoms with Gasteiger partial charge in [-0.05, 0) is 31.4 Å². The molecule has 0 atom stereocenters. The van der Waals surface area contributed by atoms with Crippen molar-refractivity contribution in [3.05, 3.63) is 41.1 Å². The van der Waals surface area contributed by atoms with Crippen molar-refractivity contribution in [1.82, 2.24) is 9.97 Å². The number of nitrogen functional groups attached to an aromatic ring is 1. The Kier molecular flexibility index (Phi) is 4.12. The van der Waals surface area contributed by atoms with E-state index in [1.807, 2.05) is 18.2 Å². The number of aryl methyl sites for hydroxylation is 2. The van der Waals surface area contributed by atoms with E-state index in [0.717, 1.165) is 29.9 Å². The van der Waals surface area contributed by atoms with Crippen molar-refractivity contribution in [3.8, 4) is 11.4 Å². The molecule has 4 nitrogen and oxygen atoms in total. The first-order chi connectivity index (χ1) is 9.15. The van der Waals surface area contributed by atoms with Crippen LogP contribution >= 0.6 is 0 Å². The van der Waals surface area contributed by atoms with Crippen LogP contribution in [0.5, 0.6) is 0 Å². The van der Waals surface area contributed by atoms with Gasteiger partial charge in [0.2, 0.25) is 0 Å². The Morgan fingerprint density at radius 1 is 1.21 bits per heavy atom. The van der Waals surface area contributed by atoms with Crippen molar-refractivity contribution in [1.29, 1.82) is 0 Å². The SMILES string of the molecule is CCCc1cc(NN)nc(-c2cccc(C)c2C)n1. The number of benzene rings is 1. The van der Waals surface area contributed by atoms with Gasteiger partial charge in [-0.25, -0.2) is 15.8 Å². The fourth-order valence-electron chi connectivity index (χ4n) is 2.07. The van der Waals surface area contributed by atoms with E-state index in [0.29, 0.717) is 5.82 Å². The molecule has 0 bridgehead atoms. The second kappa shape index (κ2) is 5.80. The average molecular weight is 256 g/mol. The number of nitrogens with two attached hydrogens (primary N) is 1. The molecule has 1 aromatic carbocycles. The zero-order valence-electron chi connectivity index (χ0n) is 11.7. The monoisotopic (exact) mass is 256 g/mol. The van der Waals surface area contributed by atoms with Gasteiger partial charge in [-0.3, -0.25) is 0 Å². The number of hydrogen-bond acceptors (Lipinski definition) is 4. The van der Waals surface area contributed by atoms with Crippen LogP contribution in [0.3, 0.4) is 0 Å². The first-order valence-corrected chi connectivity index (χ1v) is 6.57. The smallest absolute Gasteiger partial charge is 0.162 e. The summed E-state index contributed by atoms with van der Waals surface area (Å²) in [5.41, 5.74) is 7.15. The molecule has 2 aromatic rings. The quantitative estimate of drug-likeness (QED) is 0.652. The van der Waals surface area contributed by atoms with Crippen molar-refractivity contribution in [3.63, 3.8) is 0 Å². The van der Waals surface area contributed by atoms with Crippen molar-refractivity contribution in [2.75, 3.05) is 5.43 Å². The highest BCUT2D eigenvalue weighted by Crippen LogP contribution is 2.24. The molecule has 0 radical (unpaired) electrons. The lowest BCUT2D eigenvalue weighted by Gasteiger charge is -2.10. The highest BCUT2D eigenvalue weighted by molar-refractivity contribution is 5.63. The summed E-state index contributed by atoms with van der Waals surface area (Å²) >= 11 is 0. The van der Waals surface area contributed by atoms with Gasteiger partial charge in [0.05, 0.1) is 0 Å². The van der Waals surface area contributed by atoms with Crippen LogP contribution in [0.25, 0.3) is 11.4 Å². The van der Waals surface area contributed by atoms with Gasteiger partial charge in [0.1, 0.15) is 5.82 Å². The van der Waals surface area contributed by atoms with E-state index in [1.165, 1.54) is 11.1 Å². The van der Waals surface area contributed by atoms with Gasteiger partial charge >= 0.3 is 0 Å². The third-order valence-electron chi connectivity index (χ3n) is 3.28. The molecular formula is C15H20N4. The summed E-state index contributed by atoms with van der Waals surface area (Å²) in [6.07, 6.45) is 1.97. The molecule has 4 heteroatoms. The Morgan fingerprint density at radius 2 is 2.00 bits per heavy atom. The van der Waals surface area contributed by atoms with E-state index in [2.05, 4.69) is 42.2 Å². The Labute approximate surface area is 114 Å². The summed E-state index contributed by atoms with van der Waals surface area (Å²) in [6, 6.07) is 8.08. The summed E-state index contributed by atoms with van der Waals surface area (Å²) < 4.78 is 0. The predicted octanol–water partition coefficient (Wildman–Crippen LogP) is 3.00. The standard InChI is InChI=1S/C15H20N4/c1-4-6-12-9-14(19-16)18-15(17-12)13-8-5-7-10(2)11(13)3/h5,7-9H,4,6,16H2,1-3H3,(H,17,18,19). The van der Waals surface area contributed by atoms with Gasteiger partial charge in [-0.1, -0.05) is 31.5 Å². The van der Waals surface area contributed by atoms with Crippen LogP contribution in [0.4, 0.5) is 5.82 Å². The molecule has 0 saturated heterocycles. The van der Waals surface area contributed by atoms with Crippen molar-refractivity contribution < 1.29 is 0 Å². The normalized spacial score (nSPS) is 10.5. The maximum absolute atomic E-state index is 5.49. The van der Waals surface area contributed by atoms with E-state index < -0.39 is 0 Å². The van der Waals surface area contributed by atoms with Crippen LogP contribution in [-0.2, 0) is 6.42 Å². The third-order valence-corrected chi connectivity index (χ3v) is 3.28. The van der Waals surface area contributed by atoms with E-state index in [9.17, 15) is 0 Å². The number of nitrogens with zero attached hydrogens (tertiary/aromatic N) is 2. The molecule has 1 heterocycles. The molecule has 0 spiro atoms. The van der Waals surface area contributed by atoms with Gasteiger partial charge in [0.15, 0.2) is 5.82 Å². The summed E-state index contributed by atoms with van der Waals surface area (Å²) in [4.78, 5) is 9.10. The highest BCUT2D eigenvalue weighted by Gasteiger charge is 2.09. The largest absolute Gasteiger partial charge is 0.308 e. The van der Waals surface area contributed by atoms with E-state index >= 15 is 0 Å². The minimum atomic E-state index is 0.661. The molecule has 0 aliphatic carbocycles. The first-order valence-electron chi connectivity index (χ1n) is 6.57. The number of nitrogens with one attached hydrogen (secondary N) is 1. The molecule has 1 aromatic heterocycles. The number of anilines is 1. The lowest BCUT2D eigenvalue weighted by Crippen LogP contribution is -2.11.